The summed E-state index contributed by atoms with van der Waals surface area (Å²) in [5.74, 6) is 0.461. The van der Waals surface area contributed by atoms with Gasteiger partial charge in [0.15, 0.2) is 5.96 Å². The van der Waals surface area contributed by atoms with Crippen molar-refractivity contribution < 1.29 is 9.53 Å². The van der Waals surface area contributed by atoms with Gasteiger partial charge in [-0.25, -0.2) is 0 Å². The molecule has 23 heavy (non-hydrogen) atoms. The van der Waals surface area contributed by atoms with E-state index in [9.17, 15) is 4.79 Å². The average molecular weight is 319 g/mol. The molecule has 2 atom stereocenters. The smallest absolute Gasteiger partial charge is 0.243 e. The summed E-state index contributed by atoms with van der Waals surface area (Å²) in [6, 6.07) is 3.83. The molecule has 126 valence electrons. The second-order valence-electron chi connectivity index (χ2n) is 6.19. The molecular formula is C16H25N5O2. The number of aliphatic imine (C=N–C) groups is 1. The Labute approximate surface area is 136 Å². The van der Waals surface area contributed by atoms with Crippen molar-refractivity contribution in [3.63, 3.8) is 0 Å². The summed E-state index contributed by atoms with van der Waals surface area (Å²) in [6.07, 6.45) is 4.43. The first-order valence-corrected chi connectivity index (χ1v) is 7.67. The quantitative estimate of drug-likeness (QED) is 0.557. The average Bonchev–Trinajstić information content (AvgIpc) is 2.54. The summed E-state index contributed by atoms with van der Waals surface area (Å²) in [5, 5.41) is 9.14. The normalized spacial score (nSPS) is 22.9. The molecule has 1 aromatic rings. The van der Waals surface area contributed by atoms with Crippen molar-refractivity contribution in [2.45, 2.75) is 32.4 Å². The molecule has 2 rings (SSSR count). The van der Waals surface area contributed by atoms with Crippen LogP contribution < -0.4 is 16.0 Å². The Morgan fingerprint density at radius 1 is 1.52 bits per heavy atom. The Kier molecular flexibility index (Phi) is 5.54. The minimum absolute atomic E-state index is 0.0321. The number of aromatic nitrogens is 1. The number of hydrogen-bond acceptors (Lipinski definition) is 4. The van der Waals surface area contributed by atoms with Crippen LogP contribution in [0.25, 0.3) is 0 Å². The van der Waals surface area contributed by atoms with Crippen LogP contribution in [0, 0.1) is 5.41 Å². The monoisotopic (exact) mass is 319 g/mol. The van der Waals surface area contributed by atoms with E-state index in [-0.39, 0.29) is 30.0 Å². The van der Waals surface area contributed by atoms with Crippen molar-refractivity contribution in [2.75, 3.05) is 26.0 Å². The first kappa shape index (κ1) is 17.2. The maximum Gasteiger partial charge on any atom is 0.243 e. The molecule has 0 spiro atoms. The van der Waals surface area contributed by atoms with Crippen LogP contribution in [0.4, 0.5) is 5.69 Å². The van der Waals surface area contributed by atoms with E-state index in [1.165, 1.54) is 0 Å². The van der Waals surface area contributed by atoms with Crippen molar-refractivity contribution >= 4 is 17.6 Å². The number of carbonyl (C=O) groups is 1. The lowest BCUT2D eigenvalue weighted by atomic mass is 9.64. The van der Waals surface area contributed by atoms with Gasteiger partial charge in [0.25, 0.3) is 0 Å². The Bertz CT molecular complexity index is 559. The number of methoxy groups -OCH3 is 1. The molecule has 1 aromatic heterocycles. The summed E-state index contributed by atoms with van der Waals surface area (Å²) in [6.45, 7) is 4.45. The molecule has 0 aromatic carbocycles. The van der Waals surface area contributed by atoms with Gasteiger partial charge < -0.3 is 20.7 Å². The Morgan fingerprint density at radius 2 is 2.30 bits per heavy atom. The zero-order chi connectivity index (χ0) is 16.9. The molecule has 7 heteroatoms. The zero-order valence-corrected chi connectivity index (χ0v) is 14.1. The third-order valence-electron chi connectivity index (χ3n) is 4.36. The highest BCUT2D eigenvalue weighted by atomic mass is 16.5. The van der Waals surface area contributed by atoms with Gasteiger partial charge in [-0.1, -0.05) is 13.8 Å². The fourth-order valence-corrected chi connectivity index (χ4v) is 2.70. The predicted octanol–water partition coefficient (Wildman–Crippen LogP) is 0.999. The van der Waals surface area contributed by atoms with Crippen LogP contribution in [-0.4, -0.2) is 49.7 Å². The van der Waals surface area contributed by atoms with E-state index in [1.54, 1.807) is 38.7 Å². The molecule has 0 saturated heterocycles. The largest absolute Gasteiger partial charge is 0.381 e. The summed E-state index contributed by atoms with van der Waals surface area (Å²) in [5.41, 5.74) is 0.704. The highest BCUT2D eigenvalue weighted by molar-refractivity contribution is 5.94. The number of amides is 1. The molecule has 7 nitrogen and oxygen atoms in total. The molecule has 1 fully saturated rings. The molecule has 0 bridgehead atoms. The van der Waals surface area contributed by atoms with Gasteiger partial charge in [-0.3, -0.25) is 14.8 Å². The summed E-state index contributed by atoms with van der Waals surface area (Å²) < 4.78 is 5.44. The number of nitrogens with zero attached hydrogens (tertiary/aromatic N) is 2. The number of rotatable bonds is 5. The van der Waals surface area contributed by atoms with Gasteiger partial charge >= 0.3 is 0 Å². The summed E-state index contributed by atoms with van der Waals surface area (Å²) >= 11 is 0. The maximum absolute atomic E-state index is 11.9. The third kappa shape index (κ3) is 4.19. The lowest BCUT2D eigenvalue weighted by Gasteiger charge is -2.51. The Balaban J connectivity index is 1.79. The number of pyridine rings is 1. The third-order valence-corrected chi connectivity index (χ3v) is 4.36. The fourth-order valence-electron chi connectivity index (χ4n) is 2.70. The second-order valence-corrected chi connectivity index (χ2v) is 6.19. The standard InChI is InChI=1S/C16H25N5O2/c1-16(2)12(8-13(16)23-4)21-15(17-3)19-10-14(22)20-11-6-5-7-18-9-11/h5-7,9,12-13H,8,10H2,1-4H3,(H,20,22)(H2,17,19,21). The minimum atomic E-state index is -0.149. The van der Waals surface area contributed by atoms with Gasteiger partial charge in [-0.15, -0.1) is 0 Å². The topological polar surface area (TPSA) is 87.6 Å². The molecule has 1 heterocycles. The molecule has 3 N–H and O–H groups in total. The van der Waals surface area contributed by atoms with Crippen LogP contribution in [0.3, 0.4) is 0 Å². The SMILES string of the molecule is CN=C(NCC(=O)Nc1cccnc1)NC1CC(OC)C1(C)C. The van der Waals surface area contributed by atoms with Crippen LogP contribution in [0.2, 0.25) is 0 Å². The van der Waals surface area contributed by atoms with Crippen LogP contribution in [0.15, 0.2) is 29.5 Å². The number of carbonyl (C=O) groups excluding carboxylic acids is 1. The van der Waals surface area contributed by atoms with Crippen molar-refractivity contribution in [3.05, 3.63) is 24.5 Å². The van der Waals surface area contributed by atoms with Crippen molar-refractivity contribution in [2.24, 2.45) is 10.4 Å². The highest BCUT2D eigenvalue weighted by Crippen LogP contribution is 2.42. The fraction of sp³-hybridized carbons (Fsp3) is 0.562. The lowest BCUT2D eigenvalue weighted by molar-refractivity contribution is -0.115. The molecule has 1 aliphatic carbocycles. The first-order valence-electron chi connectivity index (χ1n) is 7.67. The molecule has 2 unspecified atom stereocenters. The molecule has 0 radical (unpaired) electrons. The maximum atomic E-state index is 11.9. The second kappa shape index (κ2) is 7.41. The number of anilines is 1. The summed E-state index contributed by atoms with van der Waals surface area (Å²) in [4.78, 5) is 20.0. The van der Waals surface area contributed by atoms with Gasteiger partial charge in [0, 0.05) is 31.8 Å². The van der Waals surface area contributed by atoms with Gasteiger partial charge in [-0.05, 0) is 18.6 Å². The Hall–Kier alpha value is -2.15. The van der Waals surface area contributed by atoms with Crippen LogP contribution in [-0.2, 0) is 9.53 Å². The Morgan fingerprint density at radius 3 is 2.87 bits per heavy atom. The first-order chi connectivity index (χ1) is 11.0. The lowest BCUT2D eigenvalue weighted by Crippen LogP contribution is -2.63. The number of guanidine groups is 1. The van der Waals surface area contributed by atoms with Crippen LogP contribution in [0.1, 0.15) is 20.3 Å². The molecule has 1 saturated carbocycles. The van der Waals surface area contributed by atoms with Crippen LogP contribution in [0.5, 0.6) is 0 Å². The van der Waals surface area contributed by atoms with Crippen molar-refractivity contribution in [1.29, 1.82) is 0 Å². The van der Waals surface area contributed by atoms with E-state index in [0.29, 0.717) is 11.6 Å². The minimum Gasteiger partial charge on any atom is -0.381 e. The van der Waals surface area contributed by atoms with Gasteiger partial charge in [-0.2, -0.15) is 0 Å². The van der Waals surface area contributed by atoms with E-state index in [1.807, 2.05) is 0 Å². The van der Waals surface area contributed by atoms with E-state index >= 15 is 0 Å². The molecule has 1 amide bonds. The van der Waals surface area contributed by atoms with Gasteiger partial charge in [0.05, 0.1) is 24.5 Å². The highest BCUT2D eigenvalue weighted by Gasteiger charge is 2.48. The van der Waals surface area contributed by atoms with E-state index in [4.69, 9.17) is 4.74 Å². The van der Waals surface area contributed by atoms with E-state index in [2.05, 4.69) is 39.8 Å². The van der Waals surface area contributed by atoms with Crippen molar-refractivity contribution in [1.82, 2.24) is 15.6 Å². The number of ether oxygens (including phenoxy) is 1. The zero-order valence-electron chi connectivity index (χ0n) is 14.1. The number of hydrogen-bond donors (Lipinski definition) is 3. The van der Waals surface area contributed by atoms with Gasteiger partial charge in [0.2, 0.25) is 5.91 Å². The molecule has 1 aliphatic rings. The van der Waals surface area contributed by atoms with Gasteiger partial charge in [0.1, 0.15) is 0 Å². The molecule has 0 aliphatic heterocycles. The summed E-state index contributed by atoms with van der Waals surface area (Å²) in [7, 11) is 3.42. The van der Waals surface area contributed by atoms with E-state index < -0.39 is 0 Å². The molecular weight excluding hydrogens is 294 g/mol. The predicted molar refractivity (Wildman–Crippen MR) is 90.3 cm³/mol. The van der Waals surface area contributed by atoms with Crippen LogP contribution >= 0.6 is 0 Å². The van der Waals surface area contributed by atoms with Crippen molar-refractivity contribution in [3.8, 4) is 0 Å². The van der Waals surface area contributed by atoms with E-state index in [0.717, 1.165) is 6.42 Å². The number of nitrogens with one attached hydrogen (secondary N) is 3.